The van der Waals surface area contributed by atoms with Crippen LogP contribution in [0.1, 0.15) is 21.6 Å². The van der Waals surface area contributed by atoms with Gasteiger partial charge in [0.25, 0.3) is 0 Å². The summed E-state index contributed by atoms with van der Waals surface area (Å²) < 4.78 is 5.23. The van der Waals surface area contributed by atoms with Gasteiger partial charge in [0.1, 0.15) is 5.75 Å². The molecule has 0 aliphatic rings. The van der Waals surface area contributed by atoms with E-state index in [2.05, 4.69) is 24.4 Å². The van der Waals surface area contributed by atoms with Crippen LogP contribution in [0.3, 0.4) is 0 Å². The van der Waals surface area contributed by atoms with Crippen molar-refractivity contribution in [1.29, 1.82) is 0 Å². The lowest BCUT2D eigenvalue weighted by Crippen LogP contribution is -2.10. The number of aryl methyl sites for hydroxylation is 4. The van der Waals surface area contributed by atoms with Crippen molar-refractivity contribution < 1.29 is 14.6 Å². The summed E-state index contributed by atoms with van der Waals surface area (Å²) >= 11 is 1.80. The summed E-state index contributed by atoms with van der Waals surface area (Å²) in [5, 5.41) is 10.7. The Morgan fingerprint density at radius 2 is 2.00 bits per heavy atom. The van der Waals surface area contributed by atoms with Crippen LogP contribution in [0.4, 0.5) is 0 Å². The van der Waals surface area contributed by atoms with E-state index in [1.807, 2.05) is 19.1 Å². The molecule has 0 saturated heterocycles. The molecule has 0 fully saturated rings. The highest BCUT2D eigenvalue weighted by Gasteiger charge is 2.05. The molecule has 0 bridgehead atoms. The van der Waals surface area contributed by atoms with E-state index in [1.165, 1.54) is 16.0 Å². The molecule has 1 aromatic heterocycles. The number of ether oxygens (including phenoxy) is 1. The van der Waals surface area contributed by atoms with Crippen LogP contribution in [0.5, 0.6) is 5.75 Å². The van der Waals surface area contributed by atoms with E-state index in [0.717, 1.165) is 18.4 Å². The van der Waals surface area contributed by atoms with Gasteiger partial charge in [0.15, 0.2) is 6.61 Å². The highest BCUT2D eigenvalue weighted by Crippen LogP contribution is 2.22. The van der Waals surface area contributed by atoms with Crippen molar-refractivity contribution in [2.75, 3.05) is 6.61 Å². The summed E-state index contributed by atoms with van der Waals surface area (Å²) in [5.74, 6) is -0.315. The molecule has 0 aliphatic heterocycles. The third-order valence-electron chi connectivity index (χ3n) is 3.20. The van der Waals surface area contributed by atoms with E-state index in [-0.39, 0.29) is 6.61 Å². The second kappa shape index (κ2) is 6.57. The van der Waals surface area contributed by atoms with Gasteiger partial charge < -0.3 is 9.84 Å². The van der Waals surface area contributed by atoms with E-state index in [0.29, 0.717) is 5.75 Å². The predicted octanol–water partition coefficient (Wildman–Crippen LogP) is 3.61. The van der Waals surface area contributed by atoms with Gasteiger partial charge in [-0.25, -0.2) is 4.79 Å². The third kappa shape index (κ3) is 3.84. The number of aliphatic carboxylic acids is 1. The van der Waals surface area contributed by atoms with Crippen molar-refractivity contribution in [3.63, 3.8) is 0 Å². The Kier molecular flexibility index (Phi) is 4.79. The zero-order chi connectivity index (χ0) is 14.5. The number of benzene rings is 1. The van der Waals surface area contributed by atoms with Gasteiger partial charge in [-0.15, -0.1) is 11.3 Å². The molecule has 20 heavy (non-hydrogen) atoms. The molecule has 4 heteroatoms. The Labute approximate surface area is 122 Å². The molecule has 106 valence electrons. The average Bonchev–Trinajstić information content (AvgIpc) is 2.80. The molecule has 1 aromatic carbocycles. The zero-order valence-corrected chi connectivity index (χ0v) is 12.5. The second-order valence-electron chi connectivity index (χ2n) is 4.81. The van der Waals surface area contributed by atoms with E-state index in [9.17, 15) is 4.79 Å². The smallest absolute Gasteiger partial charge is 0.341 e. The monoisotopic (exact) mass is 290 g/mol. The standard InChI is InChI=1S/C16H18O3S/c1-11-7-8-20-15(11)6-4-13-3-5-14(12(2)9-13)19-10-16(17)18/h3,5,7-9H,4,6,10H2,1-2H3,(H,17,18). The summed E-state index contributed by atoms with van der Waals surface area (Å²) in [5.41, 5.74) is 3.58. The van der Waals surface area contributed by atoms with Crippen LogP contribution in [-0.2, 0) is 17.6 Å². The van der Waals surface area contributed by atoms with Gasteiger partial charge >= 0.3 is 5.97 Å². The summed E-state index contributed by atoms with van der Waals surface area (Å²) in [6.45, 7) is 3.78. The van der Waals surface area contributed by atoms with Crippen LogP contribution in [-0.4, -0.2) is 17.7 Å². The van der Waals surface area contributed by atoms with Crippen molar-refractivity contribution in [2.45, 2.75) is 26.7 Å². The summed E-state index contributed by atoms with van der Waals surface area (Å²) in [4.78, 5) is 11.9. The Hall–Kier alpha value is -1.81. The number of carbonyl (C=O) groups is 1. The first kappa shape index (κ1) is 14.6. The average molecular weight is 290 g/mol. The maximum atomic E-state index is 10.5. The van der Waals surface area contributed by atoms with Crippen LogP contribution < -0.4 is 4.74 Å². The Balaban J connectivity index is 1.98. The molecular weight excluding hydrogens is 272 g/mol. The van der Waals surface area contributed by atoms with Crippen molar-refractivity contribution in [3.8, 4) is 5.75 Å². The van der Waals surface area contributed by atoms with Gasteiger partial charge in [0, 0.05) is 4.88 Å². The highest BCUT2D eigenvalue weighted by molar-refractivity contribution is 7.10. The number of carboxylic acid groups (broad SMARTS) is 1. The fraction of sp³-hybridized carbons (Fsp3) is 0.312. The minimum Gasteiger partial charge on any atom is -0.482 e. The van der Waals surface area contributed by atoms with Crippen LogP contribution in [0.15, 0.2) is 29.6 Å². The maximum Gasteiger partial charge on any atom is 0.341 e. The Morgan fingerprint density at radius 1 is 1.20 bits per heavy atom. The summed E-state index contributed by atoms with van der Waals surface area (Å²) in [7, 11) is 0. The van der Waals surface area contributed by atoms with Crippen LogP contribution in [0.2, 0.25) is 0 Å². The van der Waals surface area contributed by atoms with E-state index >= 15 is 0 Å². The van der Waals surface area contributed by atoms with Gasteiger partial charge in [0.05, 0.1) is 0 Å². The molecule has 0 spiro atoms. The molecule has 0 unspecified atom stereocenters. The number of hydrogen-bond donors (Lipinski definition) is 1. The lowest BCUT2D eigenvalue weighted by atomic mass is 10.0. The van der Waals surface area contributed by atoms with Gasteiger partial charge in [-0.05, 0) is 60.9 Å². The lowest BCUT2D eigenvalue weighted by molar-refractivity contribution is -0.139. The first-order chi connectivity index (χ1) is 9.56. The number of rotatable bonds is 6. The SMILES string of the molecule is Cc1cc(CCc2sccc2C)ccc1OCC(=O)O. The number of thiophene rings is 1. The van der Waals surface area contributed by atoms with Crippen molar-refractivity contribution in [3.05, 3.63) is 51.2 Å². The van der Waals surface area contributed by atoms with Crippen LogP contribution >= 0.6 is 11.3 Å². The fourth-order valence-corrected chi connectivity index (χ4v) is 3.00. The first-order valence-electron chi connectivity index (χ1n) is 6.53. The second-order valence-corrected chi connectivity index (χ2v) is 5.81. The van der Waals surface area contributed by atoms with E-state index < -0.39 is 5.97 Å². The first-order valence-corrected chi connectivity index (χ1v) is 7.41. The summed E-state index contributed by atoms with van der Waals surface area (Å²) in [6.07, 6.45) is 2.03. The zero-order valence-electron chi connectivity index (χ0n) is 11.7. The van der Waals surface area contributed by atoms with Gasteiger partial charge in [-0.2, -0.15) is 0 Å². The summed E-state index contributed by atoms with van der Waals surface area (Å²) in [6, 6.07) is 8.08. The molecule has 2 rings (SSSR count). The van der Waals surface area contributed by atoms with E-state index in [4.69, 9.17) is 9.84 Å². The minimum atomic E-state index is -0.957. The molecule has 2 aromatic rings. The minimum absolute atomic E-state index is 0.297. The highest BCUT2D eigenvalue weighted by atomic mass is 32.1. The van der Waals surface area contributed by atoms with Crippen LogP contribution in [0.25, 0.3) is 0 Å². The third-order valence-corrected chi connectivity index (χ3v) is 4.28. The normalized spacial score (nSPS) is 10.5. The van der Waals surface area contributed by atoms with Crippen molar-refractivity contribution >= 4 is 17.3 Å². The molecule has 0 atom stereocenters. The van der Waals surface area contributed by atoms with Gasteiger partial charge in [-0.1, -0.05) is 12.1 Å². The number of carboxylic acids is 1. The topological polar surface area (TPSA) is 46.5 Å². The molecule has 0 amide bonds. The van der Waals surface area contributed by atoms with E-state index in [1.54, 1.807) is 11.3 Å². The Morgan fingerprint density at radius 3 is 2.60 bits per heavy atom. The fourth-order valence-electron chi connectivity index (χ4n) is 2.09. The molecule has 0 saturated carbocycles. The number of hydrogen-bond acceptors (Lipinski definition) is 3. The van der Waals surface area contributed by atoms with Crippen LogP contribution in [0, 0.1) is 13.8 Å². The lowest BCUT2D eigenvalue weighted by Gasteiger charge is -2.09. The van der Waals surface area contributed by atoms with Gasteiger partial charge in [0.2, 0.25) is 0 Å². The molecule has 0 aliphatic carbocycles. The Bertz CT molecular complexity index is 602. The predicted molar refractivity (Wildman–Crippen MR) is 80.8 cm³/mol. The molecular formula is C16H18O3S. The maximum absolute atomic E-state index is 10.5. The quantitative estimate of drug-likeness (QED) is 0.884. The molecule has 1 N–H and O–H groups in total. The molecule has 1 heterocycles. The van der Waals surface area contributed by atoms with Gasteiger partial charge in [-0.3, -0.25) is 0 Å². The largest absolute Gasteiger partial charge is 0.482 e. The van der Waals surface area contributed by atoms with Crippen molar-refractivity contribution in [1.82, 2.24) is 0 Å². The van der Waals surface area contributed by atoms with Crippen molar-refractivity contribution in [2.24, 2.45) is 0 Å². The molecule has 3 nitrogen and oxygen atoms in total. The molecule has 0 radical (unpaired) electrons.